The van der Waals surface area contributed by atoms with Gasteiger partial charge < -0.3 is 5.73 Å². The first-order valence-corrected chi connectivity index (χ1v) is 3.44. The number of hydrogen-bond acceptors (Lipinski definition) is 2. The van der Waals surface area contributed by atoms with Gasteiger partial charge in [-0.05, 0) is 12.8 Å². The van der Waals surface area contributed by atoms with Gasteiger partial charge in [0.2, 0.25) is 5.91 Å². The van der Waals surface area contributed by atoms with Crippen molar-refractivity contribution in [2.45, 2.75) is 19.3 Å². The molecule has 1 rings (SSSR count). The second kappa shape index (κ2) is 2.70. The summed E-state index contributed by atoms with van der Waals surface area (Å²) in [6, 6.07) is 2.09. The van der Waals surface area contributed by atoms with Crippen molar-refractivity contribution in [2.75, 3.05) is 0 Å². The smallest absolute Gasteiger partial charge is 0.221 e. The lowest BCUT2D eigenvalue weighted by atomic mass is 9.97. The van der Waals surface area contributed by atoms with Crippen molar-refractivity contribution in [2.24, 2.45) is 17.6 Å². The van der Waals surface area contributed by atoms with Gasteiger partial charge >= 0.3 is 0 Å². The Balaban J connectivity index is 2.61. The minimum absolute atomic E-state index is 0.113. The second-order valence-electron chi connectivity index (χ2n) is 2.68. The maximum absolute atomic E-state index is 10.6. The average molecular weight is 138 g/mol. The molecular formula is C7H10N2O. The number of carbonyl (C=O) groups is 1. The Hall–Kier alpha value is -1.04. The minimum Gasteiger partial charge on any atom is -0.369 e. The Morgan fingerprint density at radius 3 is 2.70 bits per heavy atom. The molecule has 1 fully saturated rings. The van der Waals surface area contributed by atoms with E-state index in [0.717, 1.165) is 19.3 Å². The highest BCUT2D eigenvalue weighted by atomic mass is 16.1. The number of hydrogen-bond donors (Lipinski definition) is 1. The third kappa shape index (κ3) is 1.10. The summed E-state index contributed by atoms with van der Waals surface area (Å²) in [6.45, 7) is 0. The normalized spacial score (nSPS) is 31.5. The van der Waals surface area contributed by atoms with Crippen LogP contribution in [0.3, 0.4) is 0 Å². The Kier molecular flexibility index (Phi) is 1.91. The monoisotopic (exact) mass is 138 g/mol. The van der Waals surface area contributed by atoms with Crippen LogP contribution in [-0.2, 0) is 4.79 Å². The van der Waals surface area contributed by atoms with Crippen molar-refractivity contribution in [1.29, 1.82) is 5.26 Å². The third-order valence-electron chi connectivity index (χ3n) is 2.05. The number of amides is 1. The zero-order valence-corrected chi connectivity index (χ0v) is 5.71. The molecule has 0 bridgehead atoms. The number of carbonyl (C=O) groups excluding carboxylic acids is 1. The van der Waals surface area contributed by atoms with Gasteiger partial charge in [0.05, 0.1) is 17.9 Å². The summed E-state index contributed by atoms with van der Waals surface area (Å²) >= 11 is 0. The SMILES string of the molecule is N#C[C@H]1CCC[C@H]1C(N)=O. The van der Waals surface area contributed by atoms with Gasteiger partial charge in [-0.25, -0.2) is 0 Å². The molecule has 0 aromatic heterocycles. The van der Waals surface area contributed by atoms with Crippen LogP contribution in [0, 0.1) is 23.2 Å². The van der Waals surface area contributed by atoms with Crippen molar-refractivity contribution < 1.29 is 4.79 Å². The molecule has 1 saturated carbocycles. The molecule has 0 aromatic rings. The molecular weight excluding hydrogens is 128 g/mol. The summed E-state index contributed by atoms with van der Waals surface area (Å²) < 4.78 is 0. The van der Waals surface area contributed by atoms with Crippen LogP contribution >= 0.6 is 0 Å². The minimum atomic E-state index is -0.316. The molecule has 10 heavy (non-hydrogen) atoms. The molecule has 1 aliphatic carbocycles. The predicted molar refractivity (Wildman–Crippen MR) is 35.6 cm³/mol. The largest absolute Gasteiger partial charge is 0.369 e. The Labute approximate surface area is 59.8 Å². The number of primary amides is 1. The maximum Gasteiger partial charge on any atom is 0.221 e. The number of nitrogens with zero attached hydrogens (tertiary/aromatic N) is 1. The molecule has 3 heteroatoms. The van der Waals surface area contributed by atoms with Crippen LogP contribution < -0.4 is 5.73 Å². The van der Waals surface area contributed by atoms with Gasteiger partial charge in [-0.2, -0.15) is 5.26 Å². The van der Waals surface area contributed by atoms with Gasteiger partial charge in [0, 0.05) is 0 Å². The highest BCUT2D eigenvalue weighted by molar-refractivity contribution is 5.77. The van der Waals surface area contributed by atoms with E-state index < -0.39 is 0 Å². The van der Waals surface area contributed by atoms with Gasteiger partial charge in [0.25, 0.3) is 0 Å². The van der Waals surface area contributed by atoms with Gasteiger partial charge in [-0.3, -0.25) is 4.79 Å². The number of rotatable bonds is 1. The zero-order valence-electron chi connectivity index (χ0n) is 5.71. The van der Waals surface area contributed by atoms with Crippen molar-refractivity contribution in [3.63, 3.8) is 0 Å². The molecule has 54 valence electrons. The van der Waals surface area contributed by atoms with Crippen LogP contribution in [0.1, 0.15) is 19.3 Å². The predicted octanol–water partition coefficient (Wildman–Crippen LogP) is 0.412. The lowest BCUT2D eigenvalue weighted by Gasteiger charge is -2.06. The quantitative estimate of drug-likeness (QED) is 0.570. The molecule has 0 radical (unpaired) electrons. The topological polar surface area (TPSA) is 66.9 Å². The Morgan fingerprint density at radius 2 is 2.30 bits per heavy atom. The highest BCUT2D eigenvalue weighted by Gasteiger charge is 2.30. The van der Waals surface area contributed by atoms with E-state index in [-0.39, 0.29) is 17.7 Å². The number of nitrogens with two attached hydrogens (primary N) is 1. The van der Waals surface area contributed by atoms with Crippen molar-refractivity contribution in [1.82, 2.24) is 0 Å². The van der Waals surface area contributed by atoms with E-state index in [1.807, 2.05) is 0 Å². The maximum atomic E-state index is 10.6. The third-order valence-corrected chi connectivity index (χ3v) is 2.05. The van der Waals surface area contributed by atoms with Crippen molar-refractivity contribution in [3.8, 4) is 6.07 Å². The fourth-order valence-corrected chi connectivity index (χ4v) is 1.46. The van der Waals surface area contributed by atoms with Crippen LogP contribution in [-0.4, -0.2) is 5.91 Å². The van der Waals surface area contributed by atoms with Gasteiger partial charge in [0.15, 0.2) is 0 Å². The molecule has 0 saturated heterocycles. The molecule has 0 unspecified atom stereocenters. The number of nitriles is 1. The fourth-order valence-electron chi connectivity index (χ4n) is 1.46. The first-order chi connectivity index (χ1) is 4.75. The molecule has 0 heterocycles. The highest BCUT2D eigenvalue weighted by Crippen LogP contribution is 2.30. The first-order valence-electron chi connectivity index (χ1n) is 3.44. The van der Waals surface area contributed by atoms with E-state index >= 15 is 0 Å². The van der Waals surface area contributed by atoms with E-state index in [1.54, 1.807) is 0 Å². The Bertz CT molecular complexity index is 183. The van der Waals surface area contributed by atoms with Crippen LogP contribution in [0.4, 0.5) is 0 Å². The van der Waals surface area contributed by atoms with Crippen LogP contribution in [0.2, 0.25) is 0 Å². The van der Waals surface area contributed by atoms with Crippen molar-refractivity contribution in [3.05, 3.63) is 0 Å². The summed E-state index contributed by atoms with van der Waals surface area (Å²) in [5.74, 6) is -0.605. The molecule has 3 nitrogen and oxygen atoms in total. The molecule has 2 atom stereocenters. The van der Waals surface area contributed by atoms with E-state index in [2.05, 4.69) is 6.07 Å². The van der Waals surface area contributed by atoms with E-state index in [9.17, 15) is 4.79 Å². The zero-order chi connectivity index (χ0) is 7.56. The van der Waals surface area contributed by atoms with Crippen LogP contribution in [0.25, 0.3) is 0 Å². The molecule has 1 aliphatic rings. The van der Waals surface area contributed by atoms with Crippen LogP contribution in [0.5, 0.6) is 0 Å². The lowest BCUT2D eigenvalue weighted by Crippen LogP contribution is -2.25. The first kappa shape index (κ1) is 7.07. The van der Waals surface area contributed by atoms with Crippen LogP contribution in [0.15, 0.2) is 0 Å². The average Bonchev–Trinajstić information content (AvgIpc) is 2.33. The molecule has 1 amide bonds. The van der Waals surface area contributed by atoms with Gasteiger partial charge in [-0.15, -0.1) is 0 Å². The van der Waals surface area contributed by atoms with E-state index in [0.29, 0.717) is 0 Å². The summed E-state index contributed by atoms with van der Waals surface area (Å²) in [5.41, 5.74) is 5.07. The van der Waals surface area contributed by atoms with E-state index in [1.165, 1.54) is 0 Å². The summed E-state index contributed by atoms with van der Waals surface area (Å²) in [5, 5.41) is 8.53. The van der Waals surface area contributed by atoms with Gasteiger partial charge in [-0.1, -0.05) is 6.42 Å². The second-order valence-corrected chi connectivity index (χ2v) is 2.68. The van der Waals surface area contributed by atoms with Gasteiger partial charge in [0.1, 0.15) is 0 Å². The summed E-state index contributed by atoms with van der Waals surface area (Å²) in [6.07, 6.45) is 2.60. The molecule has 2 N–H and O–H groups in total. The Morgan fingerprint density at radius 1 is 1.60 bits per heavy atom. The summed E-state index contributed by atoms with van der Waals surface area (Å²) in [7, 11) is 0. The fraction of sp³-hybridized carbons (Fsp3) is 0.714. The van der Waals surface area contributed by atoms with E-state index in [4.69, 9.17) is 11.0 Å². The molecule has 0 aliphatic heterocycles. The molecule has 0 spiro atoms. The molecule has 0 aromatic carbocycles. The van der Waals surface area contributed by atoms with Crippen molar-refractivity contribution >= 4 is 5.91 Å². The summed E-state index contributed by atoms with van der Waals surface area (Å²) in [4.78, 5) is 10.6. The lowest BCUT2D eigenvalue weighted by molar-refractivity contribution is -0.122. The standard InChI is InChI=1S/C7H10N2O/c8-4-5-2-1-3-6(5)7(9)10/h5-6H,1-3H2,(H2,9,10)/t5-,6-/m1/s1.